The number of halogens is 1. The molecule has 0 saturated carbocycles. The van der Waals surface area contributed by atoms with Gasteiger partial charge >= 0.3 is 0 Å². The molecule has 0 radical (unpaired) electrons. The molecule has 2 nitrogen and oxygen atoms in total. The van der Waals surface area contributed by atoms with Gasteiger partial charge in [-0.15, -0.1) is 0 Å². The summed E-state index contributed by atoms with van der Waals surface area (Å²) in [6.07, 6.45) is 0. The molecule has 0 fully saturated rings. The molecule has 13 heavy (non-hydrogen) atoms. The van der Waals surface area contributed by atoms with Crippen molar-refractivity contribution in [1.29, 1.82) is 0 Å². The highest BCUT2D eigenvalue weighted by atomic mass is 79.9. The number of benzene rings is 1. The van der Waals surface area contributed by atoms with E-state index < -0.39 is 0 Å². The van der Waals surface area contributed by atoms with E-state index in [2.05, 4.69) is 20.9 Å². The second-order valence-corrected chi connectivity index (χ2v) is 4.40. The lowest BCUT2D eigenvalue weighted by atomic mass is 10.2. The Kier molecular flexibility index (Phi) is 2.51. The van der Waals surface area contributed by atoms with E-state index in [9.17, 15) is 4.79 Å². The average molecular weight is 256 g/mol. The van der Waals surface area contributed by atoms with Crippen molar-refractivity contribution in [3.05, 3.63) is 34.3 Å². The maximum Gasteiger partial charge on any atom is 0.257 e. The van der Waals surface area contributed by atoms with Crippen molar-refractivity contribution < 1.29 is 4.79 Å². The molecule has 1 aliphatic rings. The Balaban J connectivity index is 2.41. The van der Waals surface area contributed by atoms with Crippen LogP contribution in [0.3, 0.4) is 0 Å². The van der Waals surface area contributed by atoms with Crippen molar-refractivity contribution in [2.75, 3.05) is 5.75 Å². The minimum Gasteiger partial charge on any atom is -0.272 e. The van der Waals surface area contributed by atoms with Crippen LogP contribution in [0.5, 0.6) is 0 Å². The lowest BCUT2D eigenvalue weighted by Crippen LogP contribution is -1.92. The van der Waals surface area contributed by atoms with Gasteiger partial charge in [0.2, 0.25) is 0 Å². The lowest BCUT2D eigenvalue weighted by molar-refractivity contribution is -0.115. The SMILES string of the molecule is O=C1CSC(c2ccccc2Br)=N1. The van der Waals surface area contributed by atoms with Crippen molar-refractivity contribution in [2.45, 2.75) is 0 Å². The first kappa shape index (κ1) is 8.97. The van der Waals surface area contributed by atoms with Crippen LogP contribution in [0.25, 0.3) is 0 Å². The fourth-order valence-electron chi connectivity index (χ4n) is 1.08. The molecule has 0 atom stereocenters. The second-order valence-electron chi connectivity index (χ2n) is 2.58. The number of aliphatic imine (C=N–C) groups is 1. The zero-order valence-corrected chi connectivity index (χ0v) is 9.06. The van der Waals surface area contributed by atoms with Crippen molar-refractivity contribution in [1.82, 2.24) is 0 Å². The maximum absolute atomic E-state index is 10.9. The van der Waals surface area contributed by atoms with Crippen LogP contribution in [0.1, 0.15) is 5.56 Å². The molecule has 0 saturated heterocycles. The van der Waals surface area contributed by atoms with Crippen LogP contribution in [0.2, 0.25) is 0 Å². The molecule has 0 spiro atoms. The highest BCUT2D eigenvalue weighted by molar-refractivity contribution is 9.10. The number of carbonyl (C=O) groups excluding carboxylic acids is 1. The van der Waals surface area contributed by atoms with Gasteiger partial charge in [-0.1, -0.05) is 45.9 Å². The third kappa shape index (κ3) is 1.84. The third-order valence-corrected chi connectivity index (χ3v) is 3.33. The molecule has 66 valence electrons. The molecule has 0 aliphatic carbocycles. The Hall–Kier alpha value is -0.610. The summed E-state index contributed by atoms with van der Waals surface area (Å²) in [5.41, 5.74) is 0.998. The standard InChI is InChI=1S/C9H6BrNOS/c10-7-4-2-1-3-6(7)9-11-8(12)5-13-9/h1-4H,5H2. The second kappa shape index (κ2) is 3.64. The first-order valence-electron chi connectivity index (χ1n) is 3.76. The normalized spacial score (nSPS) is 16.1. The Morgan fingerprint density at radius 1 is 1.38 bits per heavy atom. The summed E-state index contributed by atoms with van der Waals surface area (Å²) in [6, 6.07) is 7.78. The van der Waals surface area contributed by atoms with E-state index in [1.54, 1.807) is 0 Å². The summed E-state index contributed by atoms with van der Waals surface area (Å²) in [5, 5.41) is 0.817. The largest absolute Gasteiger partial charge is 0.272 e. The van der Waals surface area contributed by atoms with E-state index in [1.165, 1.54) is 11.8 Å². The number of hydrogen-bond acceptors (Lipinski definition) is 2. The molecule has 0 aromatic heterocycles. The Morgan fingerprint density at radius 2 is 2.15 bits per heavy atom. The third-order valence-electron chi connectivity index (χ3n) is 1.66. The Bertz CT molecular complexity index is 389. The highest BCUT2D eigenvalue weighted by Gasteiger charge is 2.17. The Labute approximate surface area is 88.6 Å². The van der Waals surface area contributed by atoms with Crippen LogP contribution in [0, 0.1) is 0 Å². The Morgan fingerprint density at radius 3 is 2.77 bits per heavy atom. The van der Waals surface area contributed by atoms with E-state index in [0.717, 1.165) is 15.1 Å². The average Bonchev–Trinajstić information content (AvgIpc) is 2.53. The molecule has 4 heteroatoms. The quantitative estimate of drug-likeness (QED) is 0.772. The summed E-state index contributed by atoms with van der Waals surface area (Å²) in [4.78, 5) is 14.8. The highest BCUT2D eigenvalue weighted by Crippen LogP contribution is 2.25. The summed E-state index contributed by atoms with van der Waals surface area (Å²) in [6.45, 7) is 0. The molecule has 1 aromatic rings. The number of hydrogen-bond donors (Lipinski definition) is 0. The molecule has 0 bridgehead atoms. The van der Waals surface area contributed by atoms with Crippen LogP contribution >= 0.6 is 27.7 Å². The minimum atomic E-state index is -0.0456. The molecule has 0 unspecified atom stereocenters. The first-order chi connectivity index (χ1) is 6.27. The smallest absolute Gasteiger partial charge is 0.257 e. The van der Waals surface area contributed by atoms with Crippen molar-refractivity contribution in [3.63, 3.8) is 0 Å². The van der Waals surface area contributed by atoms with Gasteiger partial charge in [-0.2, -0.15) is 0 Å². The fourth-order valence-corrected chi connectivity index (χ4v) is 2.51. The van der Waals surface area contributed by atoms with E-state index in [1.807, 2.05) is 24.3 Å². The molecule has 0 N–H and O–H groups in total. The summed E-state index contributed by atoms with van der Waals surface area (Å²) in [5.74, 6) is 0.423. The van der Waals surface area contributed by atoms with Crippen LogP contribution in [0.15, 0.2) is 33.7 Å². The number of nitrogens with zero attached hydrogens (tertiary/aromatic N) is 1. The van der Waals surface area contributed by atoms with Crippen molar-refractivity contribution in [2.24, 2.45) is 4.99 Å². The van der Waals surface area contributed by atoms with E-state index in [0.29, 0.717) is 5.75 Å². The van der Waals surface area contributed by atoms with Gasteiger partial charge in [-0.05, 0) is 6.07 Å². The number of thioether (sulfide) groups is 1. The minimum absolute atomic E-state index is 0.0456. The number of amides is 1. The first-order valence-corrected chi connectivity index (χ1v) is 5.54. The van der Waals surface area contributed by atoms with Crippen LogP contribution < -0.4 is 0 Å². The fraction of sp³-hybridized carbons (Fsp3) is 0.111. The molecule has 1 amide bonds. The predicted octanol–water partition coefficient (Wildman–Crippen LogP) is 2.47. The summed E-state index contributed by atoms with van der Waals surface area (Å²) in [7, 11) is 0. The van der Waals surface area contributed by atoms with Gasteiger partial charge in [-0.25, -0.2) is 4.99 Å². The van der Waals surface area contributed by atoms with Gasteiger partial charge in [0.25, 0.3) is 5.91 Å². The lowest BCUT2D eigenvalue weighted by Gasteiger charge is -2.00. The van der Waals surface area contributed by atoms with Gasteiger partial charge in [0.15, 0.2) is 0 Å². The van der Waals surface area contributed by atoms with Gasteiger partial charge in [0.05, 0.1) is 5.75 Å². The maximum atomic E-state index is 10.9. The van der Waals surface area contributed by atoms with Crippen molar-refractivity contribution >= 4 is 38.6 Å². The molecule has 1 heterocycles. The molecular formula is C9H6BrNOS. The van der Waals surface area contributed by atoms with E-state index >= 15 is 0 Å². The zero-order valence-electron chi connectivity index (χ0n) is 6.66. The van der Waals surface area contributed by atoms with Crippen LogP contribution in [0.4, 0.5) is 0 Å². The molecular weight excluding hydrogens is 250 g/mol. The topological polar surface area (TPSA) is 29.4 Å². The predicted molar refractivity (Wildman–Crippen MR) is 58.1 cm³/mol. The molecule has 1 aromatic carbocycles. The van der Waals surface area contributed by atoms with Crippen LogP contribution in [-0.2, 0) is 4.79 Å². The van der Waals surface area contributed by atoms with E-state index in [-0.39, 0.29) is 5.91 Å². The van der Waals surface area contributed by atoms with Gasteiger partial charge in [0.1, 0.15) is 5.04 Å². The van der Waals surface area contributed by atoms with Crippen LogP contribution in [-0.4, -0.2) is 16.7 Å². The number of carbonyl (C=O) groups is 1. The van der Waals surface area contributed by atoms with Gasteiger partial charge in [0, 0.05) is 10.0 Å². The number of rotatable bonds is 1. The van der Waals surface area contributed by atoms with Gasteiger partial charge in [-0.3, -0.25) is 4.79 Å². The zero-order chi connectivity index (χ0) is 9.26. The van der Waals surface area contributed by atoms with E-state index in [4.69, 9.17) is 0 Å². The molecule has 2 rings (SSSR count). The summed E-state index contributed by atoms with van der Waals surface area (Å²) >= 11 is 4.91. The van der Waals surface area contributed by atoms with Crippen molar-refractivity contribution in [3.8, 4) is 0 Å². The van der Waals surface area contributed by atoms with Gasteiger partial charge < -0.3 is 0 Å². The monoisotopic (exact) mass is 255 g/mol. The summed E-state index contributed by atoms with van der Waals surface area (Å²) < 4.78 is 0.982. The molecule has 1 aliphatic heterocycles.